The second-order valence-corrected chi connectivity index (χ2v) is 4.93. The summed E-state index contributed by atoms with van der Waals surface area (Å²) in [5.41, 5.74) is 0.775. The molecular formula is C12H15N3OS. The van der Waals surface area contributed by atoms with Crippen molar-refractivity contribution < 1.29 is 4.79 Å². The van der Waals surface area contributed by atoms with E-state index >= 15 is 0 Å². The molecule has 90 valence electrons. The molecule has 1 fully saturated rings. The van der Waals surface area contributed by atoms with Gasteiger partial charge in [-0.25, -0.2) is 0 Å². The Hall–Kier alpha value is -1.38. The third kappa shape index (κ3) is 2.65. The van der Waals surface area contributed by atoms with Crippen LogP contribution < -0.4 is 0 Å². The van der Waals surface area contributed by atoms with Gasteiger partial charge in [0, 0.05) is 31.6 Å². The molecule has 1 aliphatic heterocycles. The highest BCUT2D eigenvalue weighted by molar-refractivity contribution is 7.08. The van der Waals surface area contributed by atoms with E-state index in [4.69, 9.17) is 5.26 Å². The smallest absolute Gasteiger partial charge is 0.254 e. The molecule has 5 heteroatoms. The van der Waals surface area contributed by atoms with Crippen LogP contribution in [0.25, 0.3) is 0 Å². The van der Waals surface area contributed by atoms with Gasteiger partial charge in [0.05, 0.1) is 17.7 Å². The number of thiophene rings is 1. The number of rotatable bonds is 2. The Morgan fingerprint density at radius 2 is 2.18 bits per heavy atom. The second kappa shape index (κ2) is 5.30. The lowest BCUT2D eigenvalue weighted by Crippen LogP contribution is -2.51. The standard InChI is InChI=1S/C12H15N3OS/c1-10(8-13)14-3-5-15(6-4-14)12(16)11-2-7-17-9-11/h2,7,9-10H,3-6H2,1H3. The molecule has 1 aromatic heterocycles. The van der Waals surface area contributed by atoms with Crippen molar-refractivity contribution in [2.24, 2.45) is 0 Å². The van der Waals surface area contributed by atoms with Crippen LogP contribution in [0.15, 0.2) is 16.8 Å². The average Bonchev–Trinajstić information content (AvgIpc) is 2.91. The van der Waals surface area contributed by atoms with Crippen LogP contribution >= 0.6 is 11.3 Å². The van der Waals surface area contributed by atoms with Gasteiger partial charge in [-0.3, -0.25) is 9.69 Å². The maximum atomic E-state index is 12.1. The van der Waals surface area contributed by atoms with Gasteiger partial charge in [0.2, 0.25) is 0 Å². The maximum absolute atomic E-state index is 12.1. The fourth-order valence-corrected chi connectivity index (χ4v) is 2.59. The summed E-state index contributed by atoms with van der Waals surface area (Å²) < 4.78 is 0. The van der Waals surface area contributed by atoms with Crippen molar-refractivity contribution in [2.75, 3.05) is 26.2 Å². The van der Waals surface area contributed by atoms with E-state index in [1.165, 1.54) is 0 Å². The third-order valence-electron chi connectivity index (χ3n) is 3.10. The Bertz CT molecular complexity index is 415. The average molecular weight is 249 g/mol. The third-order valence-corrected chi connectivity index (χ3v) is 3.79. The van der Waals surface area contributed by atoms with E-state index in [1.54, 1.807) is 11.3 Å². The van der Waals surface area contributed by atoms with Crippen LogP contribution in [0.1, 0.15) is 17.3 Å². The van der Waals surface area contributed by atoms with Gasteiger partial charge in [-0.05, 0) is 18.4 Å². The van der Waals surface area contributed by atoms with E-state index in [2.05, 4.69) is 11.0 Å². The minimum atomic E-state index is -0.0617. The number of carbonyl (C=O) groups excluding carboxylic acids is 1. The molecule has 1 aromatic rings. The van der Waals surface area contributed by atoms with E-state index in [9.17, 15) is 4.79 Å². The molecule has 1 unspecified atom stereocenters. The predicted molar refractivity (Wildman–Crippen MR) is 66.9 cm³/mol. The molecule has 0 spiro atoms. The summed E-state index contributed by atoms with van der Waals surface area (Å²) in [6, 6.07) is 4.03. The first kappa shape index (κ1) is 12.1. The van der Waals surface area contributed by atoms with Gasteiger partial charge in [-0.1, -0.05) is 0 Å². The highest BCUT2D eigenvalue weighted by Crippen LogP contribution is 2.12. The van der Waals surface area contributed by atoms with Crippen LogP contribution in [0.4, 0.5) is 0 Å². The lowest BCUT2D eigenvalue weighted by molar-refractivity contribution is 0.0616. The fraction of sp³-hybridized carbons (Fsp3) is 0.500. The van der Waals surface area contributed by atoms with Gasteiger partial charge in [0.15, 0.2) is 0 Å². The van der Waals surface area contributed by atoms with Crippen molar-refractivity contribution in [2.45, 2.75) is 13.0 Å². The Labute approximate surface area is 105 Å². The summed E-state index contributed by atoms with van der Waals surface area (Å²) in [6.07, 6.45) is 0. The molecule has 1 aliphatic rings. The molecule has 17 heavy (non-hydrogen) atoms. The molecule has 0 saturated carbocycles. The van der Waals surface area contributed by atoms with Gasteiger partial charge in [-0.2, -0.15) is 16.6 Å². The van der Waals surface area contributed by atoms with Gasteiger partial charge in [0.1, 0.15) is 0 Å². The Morgan fingerprint density at radius 1 is 1.47 bits per heavy atom. The maximum Gasteiger partial charge on any atom is 0.254 e. The number of nitrogens with zero attached hydrogens (tertiary/aromatic N) is 3. The molecular weight excluding hydrogens is 234 g/mol. The lowest BCUT2D eigenvalue weighted by atomic mass is 10.2. The summed E-state index contributed by atoms with van der Waals surface area (Å²) >= 11 is 1.54. The zero-order valence-electron chi connectivity index (χ0n) is 9.80. The van der Waals surface area contributed by atoms with Crippen molar-refractivity contribution in [1.82, 2.24) is 9.80 Å². The highest BCUT2D eigenvalue weighted by Gasteiger charge is 2.24. The normalized spacial score (nSPS) is 18.7. The molecule has 1 atom stereocenters. The number of carbonyl (C=O) groups is 1. The van der Waals surface area contributed by atoms with Crippen LogP contribution in [0.3, 0.4) is 0 Å². The molecule has 0 aliphatic carbocycles. The van der Waals surface area contributed by atoms with Gasteiger partial charge in [-0.15, -0.1) is 0 Å². The van der Waals surface area contributed by atoms with Crippen LogP contribution in [0.2, 0.25) is 0 Å². The number of piperazine rings is 1. The van der Waals surface area contributed by atoms with Crippen LogP contribution in [-0.2, 0) is 0 Å². The summed E-state index contributed by atoms with van der Waals surface area (Å²) in [4.78, 5) is 16.0. The quantitative estimate of drug-likeness (QED) is 0.796. The molecule has 4 nitrogen and oxygen atoms in total. The second-order valence-electron chi connectivity index (χ2n) is 4.15. The fourth-order valence-electron chi connectivity index (χ4n) is 1.96. The van der Waals surface area contributed by atoms with E-state index in [1.807, 2.05) is 28.7 Å². The highest BCUT2D eigenvalue weighted by atomic mass is 32.1. The molecule has 0 bridgehead atoms. The van der Waals surface area contributed by atoms with Gasteiger partial charge in [0.25, 0.3) is 5.91 Å². The molecule has 0 radical (unpaired) electrons. The summed E-state index contributed by atoms with van der Waals surface area (Å²) in [5, 5.41) is 12.6. The minimum absolute atomic E-state index is 0.0617. The van der Waals surface area contributed by atoms with Gasteiger partial charge >= 0.3 is 0 Å². The zero-order chi connectivity index (χ0) is 12.3. The molecule has 0 aromatic carbocycles. The SMILES string of the molecule is CC(C#N)N1CCN(C(=O)c2ccsc2)CC1. The number of amides is 1. The molecule has 0 N–H and O–H groups in total. The van der Waals surface area contributed by atoms with E-state index in [0.29, 0.717) is 13.1 Å². The molecule has 2 rings (SSSR count). The largest absolute Gasteiger partial charge is 0.336 e. The van der Waals surface area contributed by atoms with Crippen molar-refractivity contribution in [3.05, 3.63) is 22.4 Å². The molecule has 1 saturated heterocycles. The number of hydrogen-bond donors (Lipinski definition) is 0. The van der Waals surface area contributed by atoms with E-state index < -0.39 is 0 Å². The van der Waals surface area contributed by atoms with Crippen molar-refractivity contribution in [3.63, 3.8) is 0 Å². The van der Waals surface area contributed by atoms with Gasteiger partial charge < -0.3 is 4.90 Å². The van der Waals surface area contributed by atoms with Crippen molar-refractivity contribution in [3.8, 4) is 6.07 Å². The van der Waals surface area contributed by atoms with E-state index in [0.717, 1.165) is 18.7 Å². The Balaban J connectivity index is 1.92. The Morgan fingerprint density at radius 3 is 2.71 bits per heavy atom. The van der Waals surface area contributed by atoms with Crippen LogP contribution in [0, 0.1) is 11.3 Å². The van der Waals surface area contributed by atoms with Crippen molar-refractivity contribution >= 4 is 17.2 Å². The number of hydrogen-bond acceptors (Lipinski definition) is 4. The molecule has 2 heterocycles. The minimum Gasteiger partial charge on any atom is -0.336 e. The topological polar surface area (TPSA) is 47.3 Å². The first-order valence-corrected chi connectivity index (χ1v) is 6.62. The van der Waals surface area contributed by atoms with E-state index in [-0.39, 0.29) is 11.9 Å². The molecule has 1 amide bonds. The zero-order valence-corrected chi connectivity index (χ0v) is 10.6. The first-order valence-electron chi connectivity index (χ1n) is 5.67. The van der Waals surface area contributed by atoms with Crippen LogP contribution in [-0.4, -0.2) is 47.9 Å². The summed E-state index contributed by atoms with van der Waals surface area (Å²) in [5.74, 6) is 0.107. The predicted octanol–water partition coefficient (Wildman–Crippen LogP) is 1.42. The first-order chi connectivity index (χ1) is 8.22. The number of nitriles is 1. The summed E-state index contributed by atoms with van der Waals surface area (Å²) in [6.45, 7) is 4.88. The lowest BCUT2D eigenvalue weighted by Gasteiger charge is -2.35. The Kier molecular flexibility index (Phi) is 3.77. The monoisotopic (exact) mass is 249 g/mol. The van der Waals surface area contributed by atoms with Crippen molar-refractivity contribution in [1.29, 1.82) is 5.26 Å². The van der Waals surface area contributed by atoms with Crippen LogP contribution in [0.5, 0.6) is 0 Å². The summed E-state index contributed by atoms with van der Waals surface area (Å²) in [7, 11) is 0.